The molecule has 14 heteroatoms. The van der Waals surface area contributed by atoms with Gasteiger partial charge in [-0.2, -0.15) is 0 Å². The molecule has 0 bridgehead atoms. The minimum absolute atomic E-state index is 0.107. The van der Waals surface area contributed by atoms with Crippen molar-refractivity contribution in [2.45, 2.75) is 116 Å². The van der Waals surface area contributed by atoms with Crippen LogP contribution in [0.4, 0.5) is 15.5 Å². The first-order valence-electron chi connectivity index (χ1n) is 19.0. The number of anilines is 1. The lowest BCUT2D eigenvalue weighted by Crippen LogP contribution is -2.51. The number of carboxylic acid groups (broad SMARTS) is 1. The number of carbonyl (C=O) groups excluding carboxylic acids is 3. The maximum atomic E-state index is 13.5. The van der Waals surface area contributed by atoms with E-state index in [1.165, 1.54) is 12.7 Å². The summed E-state index contributed by atoms with van der Waals surface area (Å²) in [6.07, 6.45) is 8.81. The van der Waals surface area contributed by atoms with Crippen molar-refractivity contribution in [3.8, 4) is 11.3 Å². The van der Waals surface area contributed by atoms with Gasteiger partial charge in [0.05, 0.1) is 24.7 Å². The van der Waals surface area contributed by atoms with E-state index in [1.807, 2.05) is 34.6 Å². The number of amides is 4. The second-order valence-electron chi connectivity index (χ2n) is 15.0. The number of nitrogens with zero attached hydrogens (tertiary/aromatic N) is 4. The van der Waals surface area contributed by atoms with E-state index in [1.54, 1.807) is 22.3 Å². The Morgan fingerprint density at radius 1 is 1.00 bits per heavy atom. The number of nitrogens with one attached hydrogen (secondary N) is 3. The predicted octanol–water partition coefficient (Wildman–Crippen LogP) is 6.98. The van der Waals surface area contributed by atoms with Crippen LogP contribution in [0.3, 0.4) is 0 Å². The summed E-state index contributed by atoms with van der Waals surface area (Å²) in [7, 11) is 1.29. The van der Waals surface area contributed by atoms with Crippen molar-refractivity contribution in [3.05, 3.63) is 53.9 Å². The van der Waals surface area contributed by atoms with Crippen LogP contribution in [0.2, 0.25) is 0 Å². The number of rotatable bonds is 14. The van der Waals surface area contributed by atoms with Gasteiger partial charge in [-0.15, -0.1) is 0 Å². The number of oxazole rings is 1. The Balaban J connectivity index is 1.20. The summed E-state index contributed by atoms with van der Waals surface area (Å²) >= 11 is 0. The molecule has 3 heterocycles. The Morgan fingerprint density at radius 2 is 1.68 bits per heavy atom. The number of H-pyrrole nitrogens is 1. The van der Waals surface area contributed by atoms with Crippen molar-refractivity contribution < 1.29 is 33.4 Å². The Kier molecular flexibility index (Phi) is 13.2. The monoisotopic (exact) mass is 733 g/mol. The molecule has 2 fully saturated rings. The molecule has 1 aromatic carbocycles. The molecule has 53 heavy (non-hydrogen) atoms. The number of aromatic amines is 1. The van der Waals surface area contributed by atoms with E-state index < -0.39 is 24.3 Å². The molecule has 2 aliphatic rings. The highest BCUT2D eigenvalue weighted by molar-refractivity contribution is 5.97. The van der Waals surface area contributed by atoms with Crippen LogP contribution in [-0.2, 0) is 14.3 Å². The normalized spacial score (nSPS) is 19.9. The summed E-state index contributed by atoms with van der Waals surface area (Å²) < 4.78 is 10.8. The average molecular weight is 734 g/mol. The molecule has 0 radical (unpaired) electrons. The molecule has 3 atom stereocenters. The first kappa shape index (κ1) is 39.3. The minimum atomic E-state index is -1.23. The second-order valence-corrected chi connectivity index (χ2v) is 15.0. The fourth-order valence-electron chi connectivity index (χ4n) is 7.51. The van der Waals surface area contributed by atoms with Gasteiger partial charge < -0.3 is 34.8 Å². The van der Waals surface area contributed by atoms with Crippen molar-refractivity contribution in [2.24, 2.45) is 11.8 Å². The molecule has 2 aromatic heterocycles. The maximum Gasteiger partial charge on any atom is 0.407 e. The summed E-state index contributed by atoms with van der Waals surface area (Å²) in [6.45, 7) is 10.5. The highest BCUT2D eigenvalue weighted by Crippen LogP contribution is 2.42. The van der Waals surface area contributed by atoms with Gasteiger partial charge in [0.25, 0.3) is 5.91 Å². The zero-order valence-corrected chi connectivity index (χ0v) is 31.8. The zero-order valence-electron chi connectivity index (χ0n) is 31.8. The topological polar surface area (TPSA) is 183 Å². The van der Waals surface area contributed by atoms with Crippen LogP contribution in [0.15, 0.2) is 41.1 Å². The molecule has 1 aliphatic carbocycles. The third kappa shape index (κ3) is 9.38. The number of unbranched alkanes of at least 4 members (excludes halogenated alkanes) is 1. The summed E-state index contributed by atoms with van der Waals surface area (Å²) in [6, 6.07) is 6.63. The van der Waals surface area contributed by atoms with Crippen LogP contribution in [0, 0.1) is 11.8 Å². The second kappa shape index (κ2) is 17.8. The van der Waals surface area contributed by atoms with Gasteiger partial charge in [-0.3, -0.25) is 14.5 Å². The number of methoxy groups -OCH3 is 1. The van der Waals surface area contributed by atoms with E-state index in [9.17, 15) is 24.3 Å². The molecule has 3 aromatic rings. The molecule has 0 spiro atoms. The standard InChI is InChI=1S/C39H55N7O7/c1-7-8-19-46(36(48)32(23(2)3)43-38(49)50)37-40-21-29(42-37)27-15-11-25(12-16-27)26-13-17-28(18-14-26)30-22-53-34(41-30)31-10-9-20-45(31)35(47)33(24(4)5)44-39(51)52-6/h11-12,15-16,21-24,26,28,31-33,43H,7-10,13-14,17-20H2,1-6H3,(H,40,42)(H,44,51)(H,49,50)/t26-,28-,31?,32-,33-/m0/s1. The number of hydrogen-bond donors (Lipinski definition) is 4. The first-order valence-corrected chi connectivity index (χ1v) is 19.0. The number of aromatic nitrogens is 3. The maximum absolute atomic E-state index is 13.5. The SMILES string of the molecule is CCCCN(C(=O)[C@@H](NC(=O)O)C(C)C)c1ncc(-c2ccc([C@H]3CC[C@H](c4coc(C5CCCN5C(=O)[C@@H](NC(=O)OC)C(C)C)n4)CC3)cc2)[nH]1. The van der Waals surface area contributed by atoms with E-state index in [-0.39, 0.29) is 35.6 Å². The van der Waals surface area contributed by atoms with Gasteiger partial charge in [-0.25, -0.2) is 19.6 Å². The van der Waals surface area contributed by atoms with Gasteiger partial charge in [0.15, 0.2) is 0 Å². The lowest BCUT2D eigenvalue weighted by molar-refractivity contribution is -0.135. The van der Waals surface area contributed by atoms with Gasteiger partial charge in [-0.05, 0) is 73.8 Å². The number of benzene rings is 1. The van der Waals surface area contributed by atoms with Crippen molar-refractivity contribution in [1.29, 1.82) is 0 Å². The quantitative estimate of drug-likeness (QED) is 0.136. The van der Waals surface area contributed by atoms with Crippen LogP contribution < -0.4 is 15.5 Å². The van der Waals surface area contributed by atoms with Crippen LogP contribution in [0.25, 0.3) is 11.3 Å². The fourth-order valence-corrected chi connectivity index (χ4v) is 7.51. The molecule has 1 saturated carbocycles. The molecule has 1 unspecified atom stereocenters. The van der Waals surface area contributed by atoms with Crippen LogP contribution in [0.1, 0.15) is 121 Å². The fraction of sp³-hybridized carbons (Fsp3) is 0.590. The lowest BCUT2D eigenvalue weighted by atomic mass is 9.77. The third-order valence-electron chi connectivity index (χ3n) is 10.6. The molecular weight excluding hydrogens is 678 g/mol. The predicted molar refractivity (Wildman–Crippen MR) is 199 cm³/mol. The lowest BCUT2D eigenvalue weighted by Gasteiger charge is -2.29. The highest BCUT2D eigenvalue weighted by atomic mass is 16.5. The van der Waals surface area contributed by atoms with Gasteiger partial charge >= 0.3 is 12.2 Å². The van der Waals surface area contributed by atoms with Gasteiger partial charge in [0.2, 0.25) is 17.7 Å². The number of imidazole rings is 1. The Bertz CT molecular complexity index is 1690. The van der Waals surface area contributed by atoms with Crippen molar-refractivity contribution in [1.82, 2.24) is 30.5 Å². The van der Waals surface area contributed by atoms with E-state index >= 15 is 0 Å². The Morgan fingerprint density at radius 3 is 2.30 bits per heavy atom. The van der Waals surface area contributed by atoms with Gasteiger partial charge in [0, 0.05) is 19.0 Å². The summed E-state index contributed by atoms with van der Waals surface area (Å²) in [5, 5.41) is 14.4. The molecule has 4 N–H and O–H groups in total. The molecule has 288 valence electrons. The molecule has 14 nitrogen and oxygen atoms in total. The van der Waals surface area contributed by atoms with Crippen LogP contribution >= 0.6 is 0 Å². The molecular formula is C39H55N7O7. The van der Waals surface area contributed by atoms with Crippen LogP contribution in [0.5, 0.6) is 0 Å². The largest absolute Gasteiger partial charge is 0.465 e. The van der Waals surface area contributed by atoms with Crippen molar-refractivity contribution in [2.75, 3.05) is 25.1 Å². The van der Waals surface area contributed by atoms with Crippen molar-refractivity contribution in [3.63, 3.8) is 0 Å². The smallest absolute Gasteiger partial charge is 0.407 e. The summed E-state index contributed by atoms with van der Waals surface area (Å²) in [5.41, 5.74) is 3.93. The average Bonchev–Trinajstić information content (AvgIpc) is 3.94. The van der Waals surface area contributed by atoms with E-state index in [0.717, 1.165) is 68.3 Å². The number of ether oxygens (including phenoxy) is 1. The van der Waals surface area contributed by atoms with Crippen molar-refractivity contribution >= 4 is 29.9 Å². The van der Waals surface area contributed by atoms with E-state index in [4.69, 9.17) is 14.1 Å². The first-order chi connectivity index (χ1) is 25.4. The number of hydrogen-bond acceptors (Lipinski definition) is 8. The Labute approximate surface area is 311 Å². The van der Waals surface area contributed by atoms with E-state index in [0.29, 0.717) is 30.8 Å². The summed E-state index contributed by atoms with van der Waals surface area (Å²) in [4.78, 5) is 66.4. The van der Waals surface area contributed by atoms with E-state index in [2.05, 4.69) is 44.9 Å². The zero-order chi connectivity index (χ0) is 38.2. The van der Waals surface area contributed by atoms with Gasteiger partial charge in [0.1, 0.15) is 24.4 Å². The Hall–Kier alpha value is -4.88. The molecule has 1 saturated heterocycles. The number of likely N-dealkylation sites (tertiary alicyclic amines) is 1. The molecule has 4 amide bonds. The molecule has 1 aliphatic heterocycles. The number of carbonyl (C=O) groups is 4. The highest BCUT2D eigenvalue weighted by Gasteiger charge is 2.39. The minimum Gasteiger partial charge on any atom is -0.465 e. The molecule has 5 rings (SSSR count). The third-order valence-corrected chi connectivity index (χ3v) is 10.6. The van der Waals surface area contributed by atoms with Crippen LogP contribution in [-0.4, -0.2) is 81.2 Å². The number of alkyl carbamates (subject to hydrolysis) is 1. The van der Waals surface area contributed by atoms with Gasteiger partial charge in [-0.1, -0.05) is 65.3 Å². The summed E-state index contributed by atoms with van der Waals surface area (Å²) in [5.74, 6) is 0.837.